The predicted octanol–water partition coefficient (Wildman–Crippen LogP) is 2.61. The molecule has 0 bridgehead atoms. The summed E-state index contributed by atoms with van der Waals surface area (Å²) in [5.74, 6) is 1.01. The van der Waals surface area contributed by atoms with E-state index < -0.39 is 0 Å². The first-order valence-corrected chi connectivity index (χ1v) is 6.57. The molecule has 1 saturated carbocycles. The molecule has 1 heterocycles. The molecular weight excluding hydrogens is 216 g/mol. The van der Waals surface area contributed by atoms with Gasteiger partial charge in [-0.25, -0.2) is 0 Å². The van der Waals surface area contributed by atoms with Crippen molar-refractivity contribution in [1.82, 2.24) is 9.88 Å². The minimum Gasteiger partial charge on any atom is -0.300 e. The second-order valence-electron chi connectivity index (χ2n) is 5.01. The van der Waals surface area contributed by atoms with E-state index in [4.69, 9.17) is 0 Å². The lowest BCUT2D eigenvalue weighted by molar-refractivity contribution is 0.101. The van der Waals surface area contributed by atoms with Crippen molar-refractivity contribution in [2.24, 2.45) is 5.41 Å². The van der Waals surface area contributed by atoms with Crippen LogP contribution in [0.25, 0.3) is 0 Å². The Labute approximate surface area is 103 Å². The van der Waals surface area contributed by atoms with Crippen molar-refractivity contribution in [3.63, 3.8) is 0 Å². The molecule has 1 aliphatic carbocycles. The molecule has 1 aliphatic rings. The van der Waals surface area contributed by atoms with Crippen LogP contribution in [0, 0.1) is 5.41 Å². The van der Waals surface area contributed by atoms with Crippen molar-refractivity contribution < 1.29 is 0 Å². The van der Waals surface area contributed by atoms with Gasteiger partial charge in [-0.05, 0) is 43.2 Å². The van der Waals surface area contributed by atoms with Gasteiger partial charge in [0.05, 0.1) is 5.69 Å². The van der Waals surface area contributed by atoms with E-state index in [1.807, 2.05) is 18.3 Å². The fourth-order valence-corrected chi connectivity index (χ4v) is 2.86. The first kappa shape index (κ1) is 11.9. The Bertz CT molecular complexity index is 316. The fourth-order valence-electron chi connectivity index (χ4n) is 2.44. The summed E-state index contributed by atoms with van der Waals surface area (Å²) in [6.07, 6.45) is 5.91. The van der Waals surface area contributed by atoms with E-state index in [0.717, 1.165) is 24.5 Å². The Morgan fingerprint density at radius 3 is 2.75 bits per heavy atom. The predicted molar refractivity (Wildman–Crippen MR) is 70.7 cm³/mol. The van der Waals surface area contributed by atoms with E-state index in [1.165, 1.54) is 19.3 Å². The van der Waals surface area contributed by atoms with Crippen LogP contribution < -0.4 is 0 Å². The summed E-state index contributed by atoms with van der Waals surface area (Å²) >= 11 is 4.49. The van der Waals surface area contributed by atoms with Gasteiger partial charge in [0, 0.05) is 19.3 Å². The molecule has 2 rings (SSSR count). The van der Waals surface area contributed by atoms with Crippen LogP contribution in [0.3, 0.4) is 0 Å². The number of aromatic nitrogens is 1. The summed E-state index contributed by atoms with van der Waals surface area (Å²) < 4.78 is 0. The Kier molecular flexibility index (Phi) is 3.87. The number of pyridine rings is 1. The van der Waals surface area contributed by atoms with Gasteiger partial charge in [-0.3, -0.25) is 9.88 Å². The molecule has 1 aromatic heterocycles. The molecule has 0 spiro atoms. The lowest BCUT2D eigenvalue weighted by Crippen LogP contribution is -2.42. The van der Waals surface area contributed by atoms with Crippen molar-refractivity contribution >= 4 is 12.6 Å². The summed E-state index contributed by atoms with van der Waals surface area (Å²) in [5.41, 5.74) is 1.63. The summed E-state index contributed by atoms with van der Waals surface area (Å²) in [6, 6.07) is 6.10. The topological polar surface area (TPSA) is 16.1 Å². The minimum atomic E-state index is 0.479. The van der Waals surface area contributed by atoms with Crippen LogP contribution in [0.1, 0.15) is 25.0 Å². The second kappa shape index (κ2) is 5.19. The zero-order valence-corrected chi connectivity index (χ0v) is 10.8. The van der Waals surface area contributed by atoms with Crippen LogP contribution in [0.2, 0.25) is 0 Å². The second-order valence-corrected chi connectivity index (χ2v) is 5.32. The lowest BCUT2D eigenvalue weighted by Gasteiger charge is -2.43. The van der Waals surface area contributed by atoms with Gasteiger partial charge in [-0.1, -0.05) is 12.5 Å². The fraction of sp³-hybridized carbons (Fsp3) is 0.615. The highest BCUT2D eigenvalue weighted by molar-refractivity contribution is 7.80. The van der Waals surface area contributed by atoms with Crippen LogP contribution in [0.5, 0.6) is 0 Å². The van der Waals surface area contributed by atoms with Gasteiger partial charge in [-0.2, -0.15) is 12.6 Å². The number of rotatable bonds is 5. The molecule has 1 aromatic rings. The van der Waals surface area contributed by atoms with Gasteiger partial charge in [0.1, 0.15) is 0 Å². The van der Waals surface area contributed by atoms with Crippen molar-refractivity contribution in [1.29, 1.82) is 0 Å². The van der Waals surface area contributed by atoms with Crippen LogP contribution in [-0.2, 0) is 6.54 Å². The minimum absolute atomic E-state index is 0.479. The van der Waals surface area contributed by atoms with Crippen LogP contribution in [0.4, 0.5) is 0 Å². The van der Waals surface area contributed by atoms with E-state index in [9.17, 15) is 0 Å². The first-order valence-electron chi connectivity index (χ1n) is 5.93. The molecule has 0 N–H and O–H groups in total. The normalized spacial score (nSPS) is 18.4. The summed E-state index contributed by atoms with van der Waals surface area (Å²) in [6.45, 7) is 2.09. The number of thiol groups is 1. The van der Waals surface area contributed by atoms with E-state index in [2.05, 4.69) is 35.6 Å². The van der Waals surface area contributed by atoms with E-state index in [-0.39, 0.29) is 0 Å². The molecule has 3 heteroatoms. The molecular formula is C13H20N2S. The molecule has 0 atom stereocenters. The third kappa shape index (κ3) is 2.77. The van der Waals surface area contributed by atoms with Crippen molar-refractivity contribution in [3.05, 3.63) is 30.1 Å². The zero-order chi connectivity index (χ0) is 11.4. The van der Waals surface area contributed by atoms with Crippen LogP contribution in [0.15, 0.2) is 24.4 Å². The highest BCUT2D eigenvalue weighted by Gasteiger charge is 2.36. The average Bonchev–Trinajstić information content (AvgIpc) is 2.25. The summed E-state index contributed by atoms with van der Waals surface area (Å²) in [4.78, 5) is 6.73. The van der Waals surface area contributed by atoms with E-state index in [1.54, 1.807) is 0 Å². The molecule has 0 amide bonds. The van der Waals surface area contributed by atoms with E-state index >= 15 is 0 Å². The average molecular weight is 236 g/mol. The highest BCUT2D eigenvalue weighted by Crippen LogP contribution is 2.42. The number of nitrogens with zero attached hydrogens (tertiary/aromatic N) is 2. The maximum absolute atomic E-state index is 4.49. The Morgan fingerprint density at radius 1 is 1.44 bits per heavy atom. The SMILES string of the molecule is CN(Cc1ccccn1)CC1(CS)CCC1. The van der Waals surface area contributed by atoms with Gasteiger partial charge in [0.2, 0.25) is 0 Å². The van der Waals surface area contributed by atoms with Crippen molar-refractivity contribution in [2.75, 3.05) is 19.3 Å². The molecule has 88 valence electrons. The van der Waals surface area contributed by atoms with Gasteiger partial charge in [0.25, 0.3) is 0 Å². The molecule has 0 unspecified atom stereocenters. The lowest BCUT2D eigenvalue weighted by atomic mass is 9.70. The Balaban J connectivity index is 1.87. The molecule has 2 nitrogen and oxygen atoms in total. The Hall–Kier alpha value is -0.540. The molecule has 0 radical (unpaired) electrons. The van der Waals surface area contributed by atoms with Gasteiger partial charge in [0.15, 0.2) is 0 Å². The van der Waals surface area contributed by atoms with Crippen LogP contribution in [-0.4, -0.2) is 29.2 Å². The van der Waals surface area contributed by atoms with Gasteiger partial charge >= 0.3 is 0 Å². The third-order valence-electron chi connectivity index (χ3n) is 3.51. The smallest absolute Gasteiger partial charge is 0.0543 e. The highest BCUT2D eigenvalue weighted by atomic mass is 32.1. The maximum Gasteiger partial charge on any atom is 0.0543 e. The molecule has 0 aliphatic heterocycles. The molecule has 0 aromatic carbocycles. The first-order chi connectivity index (χ1) is 7.74. The molecule has 0 saturated heterocycles. The summed E-state index contributed by atoms with van der Waals surface area (Å²) in [5, 5.41) is 0. The van der Waals surface area contributed by atoms with Gasteiger partial charge in [-0.15, -0.1) is 0 Å². The number of hydrogen-bond acceptors (Lipinski definition) is 3. The Morgan fingerprint density at radius 2 is 2.25 bits per heavy atom. The molecule has 16 heavy (non-hydrogen) atoms. The standard InChI is InChI=1S/C13H20N2S/c1-15(9-12-5-2-3-8-14-12)10-13(11-16)6-4-7-13/h2-3,5,8,16H,4,6-7,9-11H2,1H3. The number of hydrogen-bond donors (Lipinski definition) is 1. The van der Waals surface area contributed by atoms with Crippen molar-refractivity contribution in [2.45, 2.75) is 25.8 Å². The monoisotopic (exact) mass is 236 g/mol. The largest absolute Gasteiger partial charge is 0.300 e. The molecule has 1 fully saturated rings. The quantitative estimate of drug-likeness (QED) is 0.791. The third-order valence-corrected chi connectivity index (χ3v) is 4.18. The van der Waals surface area contributed by atoms with Crippen molar-refractivity contribution in [3.8, 4) is 0 Å². The summed E-state index contributed by atoms with van der Waals surface area (Å²) in [7, 11) is 2.18. The maximum atomic E-state index is 4.49. The van der Waals surface area contributed by atoms with Gasteiger partial charge < -0.3 is 0 Å². The van der Waals surface area contributed by atoms with Crippen LogP contribution >= 0.6 is 12.6 Å². The van der Waals surface area contributed by atoms with E-state index in [0.29, 0.717) is 5.41 Å². The zero-order valence-electron chi connectivity index (χ0n) is 9.89.